The molecule has 0 aliphatic heterocycles. The predicted octanol–water partition coefficient (Wildman–Crippen LogP) is 4.82. The normalized spacial score (nSPS) is 11.9. The minimum absolute atomic E-state index is 0.158. The summed E-state index contributed by atoms with van der Waals surface area (Å²) in [6.07, 6.45) is 0. The van der Waals surface area contributed by atoms with Gasteiger partial charge in [-0.05, 0) is 31.2 Å². The second-order valence-corrected chi connectivity index (χ2v) is 7.92. The lowest BCUT2D eigenvalue weighted by atomic mass is 10.3. The molecule has 2 N–H and O–H groups in total. The molecule has 1 unspecified atom stereocenters. The van der Waals surface area contributed by atoms with Gasteiger partial charge in [0.05, 0.1) is 10.9 Å². The summed E-state index contributed by atoms with van der Waals surface area (Å²) < 4.78 is 40.3. The Morgan fingerprint density at radius 3 is 2.59 bits per heavy atom. The lowest BCUT2D eigenvalue weighted by Crippen LogP contribution is -2.22. The van der Waals surface area contributed by atoms with E-state index in [0.29, 0.717) is 9.47 Å². The quantitative estimate of drug-likeness (QED) is 0.571. The first-order valence-corrected chi connectivity index (χ1v) is 9.39. The van der Waals surface area contributed by atoms with Gasteiger partial charge in [0.2, 0.25) is 11.0 Å². The second-order valence-electron chi connectivity index (χ2n) is 5.36. The van der Waals surface area contributed by atoms with E-state index in [4.69, 9.17) is 0 Å². The summed E-state index contributed by atoms with van der Waals surface area (Å²) in [6.45, 7) is 1.64. The Bertz CT molecular complexity index is 967. The van der Waals surface area contributed by atoms with Crippen LogP contribution in [0.1, 0.15) is 6.92 Å². The van der Waals surface area contributed by atoms with Crippen LogP contribution in [0.2, 0.25) is 0 Å². The maximum Gasteiger partial charge on any atom is 0.237 e. The number of halogens is 3. The van der Waals surface area contributed by atoms with Crippen LogP contribution in [0.25, 0.3) is 0 Å². The van der Waals surface area contributed by atoms with Crippen LogP contribution in [0.3, 0.4) is 0 Å². The van der Waals surface area contributed by atoms with Gasteiger partial charge in [-0.25, -0.2) is 13.2 Å². The first-order valence-electron chi connectivity index (χ1n) is 7.70. The molecule has 1 amide bonds. The number of carbonyl (C=O) groups is 1. The zero-order valence-corrected chi connectivity index (χ0v) is 15.5. The summed E-state index contributed by atoms with van der Waals surface area (Å²) in [7, 11) is 0. The van der Waals surface area contributed by atoms with E-state index in [0.717, 1.165) is 23.9 Å². The van der Waals surface area contributed by atoms with Crippen LogP contribution < -0.4 is 10.6 Å². The Morgan fingerprint density at radius 1 is 1.07 bits per heavy atom. The topological polar surface area (TPSA) is 66.9 Å². The van der Waals surface area contributed by atoms with Crippen molar-refractivity contribution in [3.63, 3.8) is 0 Å². The number of nitrogens with zero attached hydrogens (tertiary/aromatic N) is 2. The fourth-order valence-electron chi connectivity index (χ4n) is 2.01. The van der Waals surface area contributed by atoms with E-state index in [9.17, 15) is 18.0 Å². The van der Waals surface area contributed by atoms with Crippen LogP contribution >= 0.6 is 23.1 Å². The molecule has 0 aliphatic carbocycles. The fraction of sp³-hybridized carbons (Fsp3) is 0.118. The van der Waals surface area contributed by atoms with Crippen molar-refractivity contribution in [3.8, 4) is 0 Å². The van der Waals surface area contributed by atoms with Crippen molar-refractivity contribution in [1.29, 1.82) is 0 Å². The Morgan fingerprint density at radius 2 is 1.85 bits per heavy atom. The first kappa shape index (κ1) is 19.2. The number of hydrogen-bond acceptors (Lipinski definition) is 6. The highest BCUT2D eigenvalue weighted by atomic mass is 32.2. The van der Waals surface area contributed by atoms with Gasteiger partial charge in [0.25, 0.3) is 0 Å². The Labute approximate surface area is 161 Å². The van der Waals surface area contributed by atoms with Gasteiger partial charge in [0.15, 0.2) is 16.0 Å². The molecule has 0 aliphatic rings. The molecular weight excluding hydrogens is 397 g/mol. The van der Waals surface area contributed by atoms with Gasteiger partial charge in [-0.3, -0.25) is 4.79 Å². The smallest absolute Gasteiger partial charge is 0.237 e. The average molecular weight is 410 g/mol. The maximum absolute atomic E-state index is 13.6. The highest BCUT2D eigenvalue weighted by molar-refractivity contribution is 8.02. The number of hydrogen-bond donors (Lipinski definition) is 2. The SMILES string of the molecule is CC(Sc1nnc(Nc2ccccc2F)s1)C(=O)Nc1ccc(F)c(F)c1. The molecule has 140 valence electrons. The third-order valence-electron chi connectivity index (χ3n) is 3.36. The molecule has 0 saturated heterocycles. The lowest BCUT2D eigenvalue weighted by molar-refractivity contribution is -0.115. The third-order valence-corrected chi connectivity index (χ3v) is 5.38. The highest BCUT2D eigenvalue weighted by Crippen LogP contribution is 2.31. The van der Waals surface area contributed by atoms with Crippen LogP contribution in [-0.2, 0) is 4.79 Å². The second kappa shape index (κ2) is 8.40. The predicted molar refractivity (Wildman–Crippen MR) is 99.9 cm³/mol. The summed E-state index contributed by atoms with van der Waals surface area (Å²) in [5.41, 5.74) is 0.430. The van der Waals surface area contributed by atoms with Crippen LogP contribution in [-0.4, -0.2) is 21.4 Å². The van der Waals surface area contributed by atoms with E-state index >= 15 is 0 Å². The molecule has 10 heteroatoms. The van der Waals surface area contributed by atoms with Crippen molar-refractivity contribution < 1.29 is 18.0 Å². The number of anilines is 3. The Hall–Kier alpha value is -2.59. The Kier molecular flexibility index (Phi) is 5.97. The summed E-state index contributed by atoms with van der Waals surface area (Å²) >= 11 is 2.31. The number of para-hydroxylation sites is 1. The number of carbonyl (C=O) groups excluding carboxylic acids is 1. The van der Waals surface area contributed by atoms with E-state index in [1.165, 1.54) is 23.5 Å². The molecule has 1 atom stereocenters. The molecule has 3 aromatic rings. The molecule has 5 nitrogen and oxygen atoms in total. The monoisotopic (exact) mass is 410 g/mol. The van der Waals surface area contributed by atoms with E-state index < -0.39 is 28.6 Å². The summed E-state index contributed by atoms with van der Waals surface area (Å²) in [4.78, 5) is 12.2. The number of rotatable bonds is 6. The molecule has 1 aromatic heterocycles. The molecule has 0 spiro atoms. The molecule has 0 bridgehead atoms. The number of benzene rings is 2. The number of amides is 1. The van der Waals surface area contributed by atoms with Crippen molar-refractivity contribution in [3.05, 3.63) is 59.9 Å². The van der Waals surface area contributed by atoms with Gasteiger partial charge in [-0.2, -0.15) is 0 Å². The van der Waals surface area contributed by atoms with Gasteiger partial charge in [0, 0.05) is 11.8 Å². The third kappa shape index (κ3) is 4.98. The lowest BCUT2D eigenvalue weighted by Gasteiger charge is -2.10. The summed E-state index contributed by atoms with van der Waals surface area (Å²) in [6, 6.07) is 9.28. The average Bonchev–Trinajstić information content (AvgIpc) is 3.07. The zero-order chi connectivity index (χ0) is 19.4. The Balaban J connectivity index is 1.60. The molecule has 0 fully saturated rings. The fourth-order valence-corrected chi connectivity index (χ4v) is 3.92. The summed E-state index contributed by atoms with van der Waals surface area (Å²) in [5.74, 6) is -2.84. The zero-order valence-electron chi connectivity index (χ0n) is 13.9. The van der Waals surface area contributed by atoms with Gasteiger partial charge < -0.3 is 10.6 Å². The largest absolute Gasteiger partial charge is 0.328 e. The number of nitrogens with one attached hydrogen (secondary N) is 2. The van der Waals surface area contributed by atoms with E-state index in [2.05, 4.69) is 20.8 Å². The van der Waals surface area contributed by atoms with E-state index in [-0.39, 0.29) is 11.4 Å². The van der Waals surface area contributed by atoms with Gasteiger partial charge in [0.1, 0.15) is 5.82 Å². The number of aromatic nitrogens is 2. The van der Waals surface area contributed by atoms with Gasteiger partial charge in [-0.1, -0.05) is 35.2 Å². The molecule has 0 radical (unpaired) electrons. The van der Waals surface area contributed by atoms with Crippen LogP contribution in [0.15, 0.2) is 46.8 Å². The summed E-state index contributed by atoms with van der Waals surface area (Å²) in [5, 5.41) is 13.0. The van der Waals surface area contributed by atoms with Crippen LogP contribution in [0, 0.1) is 17.5 Å². The molecule has 27 heavy (non-hydrogen) atoms. The molecular formula is C17H13F3N4OS2. The van der Waals surface area contributed by atoms with Crippen molar-refractivity contribution in [2.45, 2.75) is 16.5 Å². The standard InChI is InChI=1S/C17H13F3N4OS2/c1-9(15(25)21-10-6-7-11(18)13(20)8-10)26-17-24-23-16(27-17)22-14-5-3-2-4-12(14)19/h2-9H,1H3,(H,21,25)(H,22,23). The van der Waals surface area contributed by atoms with Crippen molar-refractivity contribution in [2.24, 2.45) is 0 Å². The van der Waals surface area contributed by atoms with Gasteiger partial charge in [-0.15, -0.1) is 10.2 Å². The van der Waals surface area contributed by atoms with E-state index in [1.54, 1.807) is 25.1 Å². The highest BCUT2D eigenvalue weighted by Gasteiger charge is 2.18. The minimum Gasteiger partial charge on any atom is -0.328 e. The maximum atomic E-state index is 13.6. The van der Waals surface area contributed by atoms with Crippen LogP contribution in [0.5, 0.6) is 0 Å². The van der Waals surface area contributed by atoms with Crippen molar-refractivity contribution >= 4 is 45.5 Å². The van der Waals surface area contributed by atoms with Gasteiger partial charge >= 0.3 is 0 Å². The first-order chi connectivity index (χ1) is 12.9. The van der Waals surface area contributed by atoms with E-state index in [1.807, 2.05) is 0 Å². The van der Waals surface area contributed by atoms with Crippen LogP contribution in [0.4, 0.5) is 29.7 Å². The molecule has 1 heterocycles. The number of thioether (sulfide) groups is 1. The van der Waals surface area contributed by atoms with Crippen molar-refractivity contribution in [1.82, 2.24) is 10.2 Å². The van der Waals surface area contributed by atoms with Crippen molar-refractivity contribution in [2.75, 3.05) is 10.6 Å². The molecule has 3 rings (SSSR count). The molecule has 2 aromatic carbocycles. The molecule has 0 saturated carbocycles. The minimum atomic E-state index is -1.04.